The standard InChI is InChI=1S/C17H24ClNO2/c1-20-15-9-8-13(16(18)17(15)21-2)10-14(11-19)12-6-4-3-5-7-12/h8-10,12H,3-7,11,19H2,1-2H3/b14-10-. The van der Waals surface area contributed by atoms with Gasteiger partial charge in [0.15, 0.2) is 11.5 Å². The summed E-state index contributed by atoms with van der Waals surface area (Å²) in [4.78, 5) is 0. The van der Waals surface area contributed by atoms with Crippen molar-refractivity contribution in [3.05, 3.63) is 28.3 Å². The molecule has 116 valence electrons. The van der Waals surface area contributed by atoms with E-state index in [0.29, 0.717) is 29.0 Å². The minimum atomic E-state index is 0.577. The van der Waals surface area contributed by atoms with Crippen LogP contribution in [0, 0.1) is 5.92 Å². The molecule has 4 heteroatoms. The van der Waals surface area contributed by atoms with Crippen molar-refractivity contribution in [3.8, 4) is 11.5 Å². The molecule has 1 saturated carbocycles. The summed E-state index contributed by atoms with van der Waals surface area (Å²) in [5.74, 6) is 1.81. The zero-order chi connectivity index (χ0) is 15.2. The van der Waals surface area contributed by atoms with E-state index in [9.17, 15) is 0 Å². The van der Waals surface area contributed by atoms with E-state index in [2.05, 4.69) is 6.08 Å². The molecule has 0 atom stereocenters. The van der Waals surface area contributed by atoms with Gasteiger partial charge in [0.25, 0.3) is 0 Å². The number of methoxy groups -OCH3 is 2. The molecule has 2 N–H and O–H groups in total. The highest BCUT2D eigenvalue weighted by Crippen LogP contribution is 2.39. The van der Waals surface area contributed by atoms with Gasteiger partial charge in [0, 0.05) is 6.54 Å². The molecule has 0 heterocycles. The summed E-state index contributed by atoms with van der Waals surface area (Å²) in [5.41, 5.74) is 8.19. The first kappa shape index (κ1) is 16.2. The lowest BCUT2D eigenvalue weighted by Gasteiger charge is -2.24. The summed E-state index contributed by atoms with van der Waals surface area (Å²) in [6.45, 7) is 0.579. The fourth-order valence-corrected chi connectivity index (χ4v) is 3.32. The molecule has 2 rings (SSSR count). The van der Waals surface area contributed by atoms with Crippen LogP contribution in [0.15, 0.2) is 17.7 Å². The molecule has 21 heavy (non-hydrogen) atoms. The van der Waals surface area contributed by atoms with Crippen LogP contribution >= 0.6 is 11.6 Å². The largest absolute Gasteiger partial charge is 0.493 e. The molecule has 0 aromatic heterocycles. The van der Waals surface area contributed by atoms with Gasteiger partial charge in [-0.3, -0.25) is 0 Å². The van der Waals surface area contributed by atoms with Gasteiger partial charge in [0.2, 0.25) is 0 Å². The second kappa shape index (κ2) is 7.71. The predicted molar refractivity (Wildman–Crippen MR) is 88.2 cm³/mol. The van der Waals surface area contributed by atoms with Gasteiger partial charge in [0.05, 0.1) is 19.2 Å². The summed E-state index contributed by atoms with van der Waals surface area (Å²) in [6.07, 6.45) is 8.51. The first-order valence-corrected chi connectivity index (χ1v) is 7.90. The van der Waals surface area contributed by atoms with E-state index in [-0.39, 0.29) is 0 Å². The predicted octanol–water partition coefficient (Wildman–Crippen LogP) is 4.28. The van der Waals surface area contributed by atoms with Gasteiger partial charge in [-0.05, 0) is 36.5 Å². The Balaban J connectivity index is 2.33. The van der Waals surface area contributed by atoms with E-state index in [1.807, 2.05) is 12.1 Å². The molecule has 1 aliphatic carbocycles. The average Bonchev–Trinajstić information content (AvgIpc) is 2.54. The summed E-state index contributed by atoms with van der Waals surface area (Å²) in [6, 6.07) is 3.84. The van der Waals surface area contributed by atoms with Crippen LogP contribution in [0.1, 0.15) is 37.7 Å². The minimum absolute atomic E-state index is 0.577. The van der Waals surface area contributed by atoms with Gasteiger partial charge in [-0.1, -0.05) is 42.5 Å². The Hall–Kier alpha value is -1.19. The maximum Gasteiger partial charge on any atom is 0.179 e. The van der Waals surface area contributed by atoms with Gasteiger partial charge >= 0.3 is 0 Å². The number of nitrogens with two attached hydrogens (primary N) is 1. The lowest BCUT2D eigenvalue weighted by molar-refractivity contribution is 0.355. The van der Waals surface area contributed by atoms with Crippen LogP contribution in [0.5, 0.6) is 11.5 Å². The van der Waals surface area contributed by atoms with Crippen LogP contribution in [0.25, 0.3) is 6.08 Å². The Kier molecular flexibility index (Phi) is 5.95. The van der Waals surface area contributed by atoms with Gasteiger partial charge in [-0.2, -0.15) is 0 Å². The minimum Gasteiger partial charge on any atom is -0.493 e. The average molecular weight is 310 g/mol. The van der Waals surface area contributed by atoms with E-state index in [1.54, 1.807) is 14.2 Å². The number of hydrogen-bond acceptors (Lipinski definition) is 3. The number of halogens is 1. The SMILES string of the molecule is COc1ccc(/C=C(/CN)C2CCCCC2)c(Cl)c1OC. The quantitative estimate of drug-likeness (QED) is 0.883. The molecule has 1 aliphatic rings. The van der Waals surface area contributed by atoms with Crippen molar-refractivity contribution in [3.63, 3.8) is 0 Å². The van der Waals surface area contributed by atoms with Crippen molar-refractivity contribution in [2.75, 3.05) is 20.8 Å². The van der Waals surface area contributed by atoms with E-state index in [1.165, 1.54) is 37.7 Å². The Morgan fingerprint density at radius 2 is 1.95 bits per heavy atom. The van der Waals surface area contributed by atoms with E-state index >= 15 is 0 Å². The van der Waals surface area contributed by atoms with Crippen LogP contribution in [-0.2, 0) is 0 Å². The van der Waals surface area contributed by atoms with E-state index in [4.69, 9.17) is 26.8 Å². The van der Waals surface area contributed by atoms with Crippen molar-refractivity contribution in [1.29, 1.82) is 0 Å². The summed E-state index contributed by atoms with van der Waals surface area (Å²) in [5, 5.41) is 0.582. The first-order valence-electron chi connectivity index (χ1n) is 7.52. The van der Waals surface area contributed by atoms with Gasteiger partial charge in [0.1, 0.15) is 0 Å². The molecule has 0 unspecified atom stereocenters. The van der Waals surface area contributed by atoms with Gasteiger partial charge in [-0.15, -0.1) is 0 Å². The molecule has 1 aromatic carbocycles. The van der Waals surface area contributed by atoms with Crippen LogP contribution in [0.4, 0.5) is 0 Å². The molecule has 0 bridgehead atoms. The van der Waals surface area contributed by atoms with E-state index in [0.717, 1.165) is 5.56 Å². The third kappa shape index (κ3) is 3.72. The highest BCUT2D eigenvalue weighted by atomic mass is 35.5. The van der Waals surface area contributed by atoms with Crippen molar-refractivity contribution >= 4 is 17.7 Å². The van der Waals surface area contributed by atoms with Gasteiger partial charge < -0.3 is 15.2 Å². The van der Waals surface area contributed by atoms with Crippen LogP contribution in [0.3, 0.4) is 0 Å². The van der Waals surface area contributed by atoms with Crippen molar-refractivity contribution < 1.29 is 9.47 Å². The Morgan fingerprint density at radius 3 is 2.52 bits per heavy atom. The zero-order valence-corrected chi connectivity index (χ0v) is 13.6. The fourth-order valence-electron chi connectivity index (χ4n) is 3.03. The smallest absolute Gasteiger partial charge is 0.179 e. The van der Waals surface area contributed by atoms with Crippen molar-refractivity contribution in [2.45, 2.75) is 32.1 Å². The van der Waals surface area contributed by atoms with Crippen LogP contribution < -0.4 is 15.2 Å². The topological polar surface area (TPSA) is 44.5 Å². The molecule has 0 amide bonds. The summed E-state index contributed by atoms with van der Waals surface area (Å²) in [7, 11) is 3.21. The van der Waals surface area contributed by atoms with Crippen molar-refractivity contribution in [2.24, 2.45) is 11.7 Å². The van der Waals surface area contributed by atoms with Crippen molar-refractivity contribution in [1.82, 2.24) is 0 Å². The highest BCUT2D eigenvalue weighted by molar-refractivity contribution is 6.33. The molecule has 1 fully saturated rings. The highest BCUT2D eigenvalue weighted by Gasteiger charge is 2.18. The third-order valence-electron chi connectivity index (χ3n) is 4.22. The molecule has 0 spiro atoms. The van der Waals surface area contributed by atoms with Gasteiger partial charge in [-0.25, -0.2) is 0 Å². The molecule has 0 aliphatic heterocycles. The second-order valence-electron chi connectivity index (χ2n) is 5.46. The van der Waals surface area contributed by atoms with Crippen LogP contribution in [0.2, 0.25) is 5.02 Å². The molecular weight excluding hydrogens is 286 g/mol. The summed E-state index contributed by atoms with van der Waals surface area (Å²) >= 11 is 6.44. The third-order valence-corrected chi connectivity index (χ3v) is 4.61. The monoisotopic (exact) mass is 309 g/mol. The normalized spacial score (nSPS) is 16.9. The second-order valence-corrected chi connectivity index (χ2v) is 5.84. The number of benzene rings is 1. The zero-order valence-electron chi connectivity index (χ0n) is 12.8. The molecule has 3 nitrogen and oxygen atoms in total. The fraction of sp³-hybridized carbons (Fsp3) is 0.529. The molecule has 1 aromatic rings. The maximum atomic E-state index is 6.44. The number of rotatable bonds is 5. The Labute approximate surface area is 132 Å². The Morgan fingerprint density at radius 1 is 1.24 bits per heavy atom. The molecule has 0 saturated heterocycles. The number of ether oxygens (including phenoxy) is 2. The summed E-state index contributed by atoms with van der Waals surface area (Å²) < 4.78 is 10.6. The lowest BCUT2D eigenvalue weighted by Crippen LogP contribution is -2.16. The van der Waals surface area contributed by atoms with Crippen LogP contribution in [-0.4, -0.2) is 20.8 Å². The lowest BCUT2D eigenvalue weighted by atomic mass is 9.83. The van der Waals surface area contributed by atoms with E-state index < -0.39 is 0 Å². The first-order chi connectivity index (χ1) is 10.2. The molecular formula is C17H24ClNO2. The Bertz CT molecular complexity index is 508. The maximum absolute atomic E-state index is 6.44. The number of hydrogen-bond donors (Lipinski definition) is 1. The molecule has 0 radical (unpaired) electrons.